The summed E-state index contributed by atoms with van der Waals surface area (Å²) in [7, 11) is -1.69. The molecule has 0 saturated carbocycles. The van der Waals surface area contributed by atoms with Gasteiger partial charge in [-0.05, 0) is 25.1 Å². The van der Waals surface area contributed by atoms with E-state index in [9.17, 15) is 13.2 Å². The van der Waals surface area contributed by atoms with Gasteiger partial charge >= 0.3 is 13.5 Å². The van der Waals surface area contributed by atoms with Crippen LogP contribution in [0.5, 0.6) is 5.75 Å². The summed E-state index contributed by atoms with van der Waals surface area (Å²) < 4.78 is 41.1. The molecule has 1 heterocycles. The molecule has 0 saturated heterocycles. The third kappa shape index (κ3) is 3.74. The van der Waals surface area contributed by atoms with Crippen molar-refractivity contribution >= 4 is 12.6 Å². The second-order valence-electron chi connectivity index (χ2n) is 4.29. The molecule has 8 heteroatoms. The van der Waals surface area contributed by atoms with Crippen LogP contribution in [-0.4, -0.2) is 28.5 Å². The van der Waals surface area contributed by atoms with Crippen molar-refractivity contribution in [2.45, 2.75) is 13.3 Å². The van der Waals surface area contributed by atoms with E-state index in [-0.39, 0.29) is 22.5 Å². The normalized spacial score (nSPS) is 11.3. The lowest BCUT2D eigenvalue weighted by molar-refractivity contribution is -0.274. The Bertz CT molecular complexity index is 647. The van der Waals surface area contributed by atoms with Crippen LogP contribution in [0.3, 0.4) is 0 Å². The van der Waals surface area contributed by atoms with Crippen LogP contribution >= 0.6 is 0 Å². The minimum Gasteiger partial charge on any atom is -0.423 e. The molecule has 0 aliphatic rings. The molecule has 110 valence electrons. The van der Waals surface area contributed by atoms with Crippen molar-refractivity contribution in [1.29, 1.82) is 0 Å². The minimum absolute atomic E-state index is 0.164. The lowest BCUT2D eigenvalue weighted by Gasteiger charge is -2.13. The van der Waals surface area contributed by atoms with E-state index in [2.05, 4.69) is 9.72 Å². The van der Waals surface area contributed by atoms with Gasteiger partial charge in [-0.25, -0.2) is 0 Å². The highest BCUT2D eigenvalue weighted by Crippen LogP contribution is 2.32. The molecule has 4 nitrogen and oxygen atoms in total. The van der Waals surface area contributed by atoms with Gasteiger partial charge in [-0.3, -0.25) is 4.98 Å². The first-order valence-corrected chi connectivity index (χ1v) is 5.97. The van der Waals surface area contributed by atoms with Gasteiger partial charge in [0.25, 0.3) is 0 Å². The minimum atomic E-state index is -4.80. The van der Waals surface area contributed by atoms with Gasteiger partial charge in [0.1, 0.15) is 5.75 Å². The molecule has 21 heavy (non-hydrogen) atoms. The van der Waals surface area contributed by atoms with Crippen LogP contribution in [0, 0.1) is 6.92 Å². The van der Waals surface area contributed by atoms with Crippen LogP contribution < -0.4 is 10.2 Å². The quantitative estimate of drug-likeness (QED) is 0.845. The van der Waals surface area contributed by atoms with Crippen molar-refractivity contribution < 1.29 is 28.0 Å². The third-order valence-corrected chi connectivity index (χ3v) is 2.79. The van der Waals surface area contributed by atoms with Gasteiger partial charge in [0.15, 0.2) is 0 Å². The maximum atomic E-state index is 12.4. The number of nitrogens with zero attached hydrogens (tertiary/aromatic N) is 1. The molecular weight excluding hydrogens is 286 g/mol. The Hall–Kier alpha value is -2.06. The molecule has 0 bridgehead atoms. The number of hydrogen-bond donors (Lipinski definition) is 2. The van der Waals surface area contributed by atoms with E-state index >= 15 is 0 Å². The zero-order chi connectivity index (χ0) is 15.6. The SMILES string of the molecule is Cc1nc(-c2ccccc2OC(F)(F)F)ccc1B(O)O. The lowest BCUT2D eigenvalue weighted by atomic mass is 9.79. The topological polar surface area (TPSA) is 62.6 Å². The van der Waals surface area contributed by atoms with Crippen LogP contribution in [-0.2, 0) is 0 Å². The van der Waals surface area contributed by atoms with Crippen LogP contribution in [0.2, 0.25) is 0 Å². The molecule has 2 rings (SSSR count). The molecule has 0 spiro atoms. The number of hydrogen-bond acceptors (Lipinski definition) is 4. The highest BCUT2D eigenvalue weighted by atomic mass is 19.4. The van der Waals surface area contributed by atoms with Gasteiger partial charge in [-0.2, -0.15) is 0 Å². The average Bonchev–Trinajstić information content (AvgIpc) is 2.36. The Morgan fingerprint density at radius 1 is 1.10 bits per heavy atom. The fraction of sp³-hybridized carbons (Fsp3) is 0.154. The molecule has 0 unspecified atom stereocenters. The van der Waals surface area contributed by atoms with Gasteiger partial charge < -0.3 is 14.8 Å². The zero-order valence-corrected chi connectivity index (χ0v) is 10.9. The molecular formula is C13H11BF3NO3. The fourth-order valence-electron chi connectivity index (χ4n) is 1.89. The Kier molecular flexibility index (Phi) is 4.20. The summed E-state index contributed by atoms with van der Waals surface area (Å²) >= 11 is 0. The fourth-order valence-corrected chi connectivity index (χ4v) is 1.89. The van der Waals surface area contributed by atoms with Crippen LogP contribution in [0.1, 0.15) is 5.69 Å². The highest BCUT2D eigenvalue weighted by molar-refractivity contribution is 6.59. The molecule has 1 aromatic carbocycles. The van der Waals surface area contributed by atoms with E-state index in [4.69, 9.17) is 10.0 Å². The number of halogens is 3. The molecule has 0 atom stereocenters. The van der Waals surface area contributed by atoms with E-state index in [0.717, 1.165) is 0 Å². The maximum absolute atomic E-state index is 12.4. The largest absolute Gasteiger partial charge is 0.573 e. The van der Waals surface area contributed by atoms with E-state index in [0.29, 0.717) is 5.69 Å². The van der Waals surface area contributed by atoms with Crippen molar-refractivity contribution in [2.24, 2.45) is 0 Å². The molecule has 0 aliphatic carbocycles. The molecule has 0 aliphatic heterocycles. The molecule has 2 aromatic rings. The Balaban J connectivity index is 2.45. The van der Waals surface area contributed by atoms with Gasteiger partial charge in [0.2, 0.25) is 0 Å². The monoisotopic (exact) mass is 297 g/mol. The van der Waals surface area contributed by atoms with Gasteiger partial charge in [0.05, 0.1) is 5.69 Å². The Morgan fingerprint density at radius 3 is 2.33 bits per heavy atom. The summed E-state index contributed by atoms with van der Waals surface area (Å²) in [4.78, 5) is 4.09. The number of aromatic nitrogens is 1. The van der Waals surface area contributed by atoms with Crippen LogP contribution in [0.25, 0.3) is 11.3 Å². The molecule has 0 fully saturated rings. The maximum Gasteiger partial charge on any atom is 0.573 e. The highest BCUT2D eigenvalue weighted by Gasteiger charge is 2.32. The molecule has 0 radical (unpaired) electrons. The predicted molar refractivity (Wildman–Crippen MR) is 70.9 cm³/mol. The number of alkyl halides is 3. The van der Waals surface area contributed by atoms with Crippen molar-refractivity contribution in [3.63, 3.8) is 0 Å². The smallest absolute Gasteiger partial charge is 0.423 e. The second-order valence-corrected chi connectivity index (χ2v) is 4.29. The first kappa shape index (κ1) is 15.3. The first-order chi connectivity index (χ1) is 9.78. The summed E-state index contributed by atoms with van der Waals surface area (Å²) in [6.45, 7) is 1.53. The van der Waals surface area contributed by atoms with Gasteiger partial charge in [-0.1, -0.05) is 18.2 Å². The first-order valence-electron chi connectivity index (χ1n) is 5.97. The van der Waals surface area contributed by atoms with Crippen molar-refractivity contribution in [3.05, 3.63) is 42.1 Å². The second kappa shape index (κ2) is 5.75. The molecule has 0 amide bonds. The van der Waals surface area contributed by atoms with E-state index < -0.39 is 13.5 Å². The predicted octanol–water partition coefficient (Wildman–Crippen LogP) is 1.64. The lowest BCUT2D eigenvalue weighted by Crippen LogP contribution is -2.32. The molecule has 1 aromatic heterocycles. The van der Waals surface area contributed by atoms with Crippen molar-refractivity contribution in [3.8, 4) is 17.0 Å². The van der Waals surface area contributed by atoms with Gasteiger partial charge in [-0.15, -0.1) is 13.2 Å². The number of pyridine rings is 1. The van der Waals surface area contributed by atoms with E-state index in [1.54, 1.807) is 6.07 Å². The number of rotatable bonds is 3. The van der Waals surface area contributed by atoms with Gasteiger partial charge in [0, 0.05) is 16.7 Å². The number of benzene rings is 1. The number of ether oxygens (including phenoxy) is 1. The molecule has 2 N–H and O–H groups in total. The van der Waals surface area contributed by atoms with E-state index in [1.165, 1.54) is 37.3 Å². The van der Waals surface area contributed by atoms with Crippen molar-refractivity contribution in [2.75, 3.05) is 0 Å². The van der Waals surface area contributed by atoms with Crippen LogP contribution in [0.4, 0.5) is 13.2 Å². The summed E-state index contributed by atoms with van der Waals surface area (Å²) in [5, 5.41) is 18.2. The van der Waals surface area contributed by atoms with E-state index in [1.807, 2.05) is 0 Å². The van der Waals surface area contributed by atoms with Crippen LogP contribution in [0.15, 0.2) is 36.4 Å². The summed E-state index contributed by atoms with van der Waals surface area (Å²) in [5.41, 5.74) is 0.908. The Morgan fingerprint density at radius 2 is 1.76 bits per heavy atom. The summed E-state index contributed by atoms with van der Waals surface area (Å²) in [6.07, 6.45) is -4.80. The number of para-hydroxylation sites is 1. The summed E-state index contributed by atoms with van der Waals surface area (Å²) in [6, 6.07) is 8.41. The summed E-state index contributed by atoms with van der Waals surface area (Å²) in [5.74, 6) is -0.366. The Labute approximate surface area is 119 Å². The third-order valence-electron chi connectivity index (χ3n) is 2.79. The average molecular weight is 297 g/mol. The standard InChI is InChI=1S/C13H11BF3NO3/c1-8-10(14(19)20)6-7-11(18-8)9-4-2-3-5-12(9)21-13(15,16)17/h2-7,19-20H,1H3. The zero-order valence-electron chi connectivity index (χ0n) is 10.9. The number of aryl methyl sites for hydroxylation is 1. The van der Waals surface area contributed by atoms with Crippen molar-refractivity contribution in [1.82, 2.24) is 4.98 Å².